The molecule has 1 aromatic heterocycles. The zero-order valence-electron chi connectivity index (χ0n) is 12.5. The molecule has 1 N–H and O–H groups in total. The van der Waals surface area contributed by atoms with Crippen molar-refractivity contribution in [2.75, 3.05) is 26.8 Å². The number of hydrogen-bond donors (Lipinski definition) is 1. The molecule has 0 amide bonds. The van der Waals surface area contributed by atoms with Crippen LogP contribution >= 0.6 is 12.2 Å². The number of likely N-dealkylation sites (tertiary alicyclic amines) is 1. The van der Waals surface area contributed by atoms with Crippen LogP contribution in [0.3, 0.4) is 0 Å². The minimum Gasteiger partial charge on any atom is -0.383 e. The third-order valence-electron chi connectivity index (χ3n) is 3.92. The zero-order valence-corrected chi connectivity index (χ0v) is 13.3. The SMILES string of the molecule is COCCNC(=S)N1CCCCC[C@H]1c1cccn1C. The standard InChI is InChI=1S/C15H25N3OS/c1-17-10-6-8-13(17)14-7-4-3-5-11-18(14)15(20)16-9-12-19-2/h6,8,10,14H,3-5,7,9,11-12H2,1-2H3,(H,16,20)/t14-/m0/s1. The smallest absolute Gasteiger partial charge is 0.169 e. The Morgan fingerprint density at radius 1 is 1.45 bits per heavy atom. The van der Waals surface area contributed by atoms with E-state index in [9.17, 15) is 0 Å². The van der Waals surface area contributed by atoms with Gasteiger partial charge in [0, 0.05) is 39.1 Å². The van der Waals surface area contributed by atoms with E-state index in [0.29, 0.717) is 12.6 Å². The highest BCUT2D eigenvalue weighted by molar-refractivity contribution is 7.80. The molecule has 0 saturated carbocycles. The van der Waals surface area contributed by atoms with Gasteiger partial charge in [-0.2, -0.15) is 0 Å². The van der Waals surface area contributed by atoms with Crippen molar-refractivity contribution in [1.82, 2.24) is 14.8 Å². The Labute approximate surface area is 127 Å². The van der Waals surface area contributed by atoms with Gasteiger partial charge >= 0.3 is 0 Å². The highest BCUT2D eigenvalue weighted by Crippen LogP contribution is 2.30. The topological polar surface area (TPSA) is 29.4 Å². The minimum atomic E-state index is 0.389. The van der Waals surface area contributed by atoms with Crippen LogP contribution in [0.15, 0.2) is 18.3 Å². The van der Waals surface area contributed by atoms with E-state index in [4.69, 9.17) is 17.0 Å². The molecular formula is C15H25N3OS. The molecule has 20 heavy (non-hydrogen) atoms. The van der Waals surface area contributed by atoms with Crippen LogP contribution in [0.4, 0.5) is 0 Å². The first-order valence-electron chi connectivity index (χ1n) is 7.38. The summed E-state index contributed by atoms with van der Waals surface area (Å²) >= 11 is 5.59. The van der Waals surface area contributed by atoms with Crippen LogP contribution in [0.25, 0.3) is 0 Å². The number of thiocarbonyl (C=S) groups is 1. The summed E-state index contributed by atoms with van der Waals surface area (Å²) in [6, 6.07) is 4.71. The van der Waals surface area contributed by atoms with Crippen LogP contribution in [0.2, 0.25) is 0 Å². The molecule has 0 radical (unpaired) electrons. The second-order valence-corrected chi connectivity index (χ2v) is 5.71. The van der Waals surface area contributed by atoms with Crippen molar-refractivity contribution in [2.24, 2.45) is 7.05 Å². The van der Waals surface area contributed by atoms with Crippen LogP contribution in [-0.2, 0) is 11.8 Å². The lowest BCUT2D eigenvalue weighted by atomic mass is 10.1. The van der Waals surface area contributed by atoms with E-state index in [1.807, 2.05) is 0 Å². The van der Waals surface area contributed by atoms with E-state index in [-0.39, 0.29) is 0 Å². The summed E-state index contributed by atoms with van der Waals surface area (Å²) in [5.41, 5.74) is 1.35. The van der Waals surface area contributed by atoms with E-state index in [2.05, 4.69) is 40.2 Å². The van der Waals surface area contributed by atoms with Crippen molar-refractivity contribution < 1.29 is 4.74 Å². The van der Waals surface area contributed by atoms with Crippen molar-refractivity contribution in [1.29, 1.82) is 0 Å². The molecular weight excluding hydrogens is 270 g/mol. The van der Waals surface area contributed by atoms with Gasteiger partial charge in [0.05, 0.1) is 12.6 Å². The van der Waals surface area contributed by atoms with Gasteiger partial charge in [0.2, 0.25) is 0 Å². The highest BCUT2D eigenvalue weighted by Gasteiger charge is 2.25. The average Bonchev–Trinajstić information content (AvgIpc) is 2.73. The van der Waals surface area contributed by atoms with E-state index >= 15 is 0 Å². The molecule has 1 fully saturated rings. The largest absolute Gasteiger partial charge is 0.383 e. The fraction of sp³-hybridized carbons (Fsp3) is 0.667. The lowest BCUT2D eigenvalue weighted by Gasteiger charge is -2.33. The van der Waals surface area contributed by atoms with E-state index in [0.717, 1.165) is 18.2 Å². The predicted molar refractivity (Wildman–Crippen MR) is 85.8 cm³/mol. The monoisotopic (exact) mass is 295 g/mol. The first-order chi connectivity index (χ1) is 9.74. The highest BCUT2D eigenvalue weighted by atomic mass is 32.1. The second-order valence-electron chi connectivity index (χ2n) is 5.33. The summed E-state index contributed by atoms with van der Waals surface area (Å²) < 4.78 is 7.29. The number of hydrogen-bond acceptors (Lipinski definition) is 2. The Morgan fingerprint density at radius 3 is 3.00 bits per heavy atom. The van der Waals surface area contributed by atoms with E-state index < -0.39 is 0 Å². The molecule has 1 aromatic rings. The molecule has 1 atom stereocenters. The molecule has 1 aliphatic heterocycles. The van der Waals surface area contributed by atoms with Gasteiger partial charge < -0.3 is 19.5 Å². The molecule has 5 heteroatoms. The molecule has 0 spiro atoms. The maximum atomic E-state index is 5.59. The molecule has 0 aromatic carbocycles. The quantitative estimate of drug-likeness (QED) is 0.682. The summed E-state index contributed by atoms with van der Waals surface area (Å²) in [6.07, 6.45) is 7.06. The van der Waals surface area contributed by atoms with Gasteiger partial charge in [0.25, 0.3) is 0 Å². The van der Waals surface area contributed by atoms with Crippen LogP contribution in [-0.4, -0.2) is 41.4 Å². The van der Waals surface area contributed by atoms with E-state index in [1.54, 1.807) is 7.11 Å². The van der Waals surface area contributed by atoms with Gasteiger partial charge in [-0.05, 0) is 37.2 Å². The van der Waals surface area contributed by atoms with Gasteiger partial charge in [-0.25, -0.2) is 0 Å². The van der Waals surface area contributed by atoms with E-state index in [1.165, 1.54) is 31.4 Å². The maximum absolute atomic E-state index is 5.59. The summed E-state index contributed by atoms with van der Waals surface area (Å²) in [6.45, 7) is 2.49. The third-order valence-corrected chi connectivity index (χ3v) is 4.30. The van der Waals surface area contributed by atoms with Crippen LogP contribution < -0.4 is 5.32 Å². The van der Waals surface area contributed by atoms with Crippen LogP contribution in [0.1, 0.15) is 37.4 Å². The molecule has 1 saturated heterocycles. The van der Waals surface area contributed by atoms with Crippen LogP contribution in [0, 0.1) is 0 Å². The molecule has 1 aliphatic rings. The fourth-order valence-electron chi connectivity index (χ4n) is 2.84. The molecule has 4 nitrogen and oxygen atoms in total. The predicted octanol–water partition coefficient (Wildman–Crippen LogP) is 2.46. The summed E-state index contributed by atoms with van der Waals surface area (Å²) in [4.78, 5) is 2.35. The Kier molecular flexibility index (Phi) is 5.86. The molecule has 2 rings (SSSR count). The number of ether oxygens (including phenoxy) is 1. The first-order valence-corrected chi connectivity index (χ1v) is 7.79. The Balaban J connectivity index is 2.09. The third kappa shape index (κ3) is 3.73. The normalized spacial score (nSPS) is 19.7. The molecule has 0 bridgehead atoms. The summed E-state index contributed by atoms with van der Waals surface area (Å²) in [7, 11) is 3.82. The zero-order chi connectivity index (χ0) is 14.4. The Morgan fingerprint density at radius 2 is 2.30 bits per heavy atom. The van der Waals surface area contributed by atoms with Gasteiger partial charge in [-0.15, -0.1) is 0 Å². The molecule has 0 aliphatic carbocycles. The van der Waals surface area contributed by atoms with Gasteiger partial charge in [0.15, 0.2) is 5.11 Å². The van der Waals surface area contributed by atoms with Crippen molar-refractivity contribution >= 4 is 17.3 Å². The van der Waals surface area contributed by atoms with Crippen molar-refractivity contribution in [3.63, 3.8) is 0 Å². The van der Waals surface area contributed by atoms with Gasteiger partial charge in [0.1, 0.15) is 0 Å². The molecule has 2 heterocycles. The van der Waals surface area contributed by atoms with Crippen molar-refractivity contribution in [3.8, 4) is 0 Å². The minimum absolute atomic E-state index is 0.389. The second kappa shape index (κ2) is 7.64. The number of nitrogens with zero attached hydrogens (tertiary/aromatic N) is 2. The molecule has 112 valence electrons. The number of aromatic nitrogens is 1. The lowest BCUT2D eigenvalue weighted by Crippen LogP contribution is -2.43. The summed E-state index contributed by atoms with van der Waals surface area (Å²) in [5.74, 6) is 0. The van der Waals surface area contributed by atoms with Gasteiger partial charge in [-0.1, -0.05) is 12.8 Å². The van der Waals surface area contributed by atoms with Crippen molar-refractivity contribution in [3.05, 3.63) is 24.0 Å². The number of methoxy groups -OCH3 is 1. The Bertz CT molecular complexity index is 433. The maximum Gasteiger partial charge on any atom is 0.169 e. The average molecular weight is 295 g/mol. The summed E-state index contributed by atoms with van der Waals surface area (Å²) in [5, 5.41) is 4.17. The van der Waals surface area contributed by atoms with Crippen LogP contribution in [0.5, 0.6) is 0 Å². The fourth-order valence-corrected chi connectivity index (χ4v) is 3.16. The Hall–Kier alpha value is -1.07. The number of aryl methyl sites for hydroxylation is 1. The first kappa shape index (κ1) is 15.3. The number of rotatable bonds is 4. The number of nitrogens with one attached hydrogen (secondary N) is 1. The van der Waals surface area contributed by atoms with Gasteiger partial charge in [-0.3, -0.25) is 0 Å². The van der Waals surface area contributed by atoms with Crippen molar-refractivity contribution in [2.45, 2.75) is 31.7 Å². The molecule has 0 unspecified atom stereocenters. The lowest BCUT2D eigenvalue weighted by molar-refractivity contribution is 0.202.